The van der Waals surface area contributed by atoms with Gasteiger partial charge < -0.3 is 5.32 Å². The molecule has 0 aliphatic carbocycles. The third-order valence-corrected chi connectivity index (χ3v) is 2.94. The Morgan fingerprint density at radius 1 is 1.50 bits per heavy atom. The van der Waals surface area contributed by atoms with Crippen LogP contribution in [0.1, 0.15) is 11.3 Å². The summed E-state index contributed by atoms with van der Waals surface area (Å²) in [6.45, 7) is 2.64. The van der Waals surface area contributed by atoms with E-state index in [1.807, 2.05) is 13.0 Å². The minimum absolute atomic E-state index is 0.462. The molecule has 0 bridgehead atoms. The van der Waals surface area contributed by atoms with Crippen molar-refractivity contribution in [1.82, 2.24) is 15.2 Å². The molecule has 0 radical (unpaired) electrons. The van der Waals surface area contributed by atoms with Crippen molar-refractivity contribution in [3.05, 3.63) is 39.3 Å². The molecule has 2 heterocycles. The van der Waals surface area contributed by atoms with E-state index in [4.69, 9.17) is 11.6 Å². The molecule has 2 rings (SSSR count). The highest BCUT2D eigenvalue weighted by atomic mass is 79.9. The fourth-order valence-electron chi connectivity index (χ4n) is 1.29. The van der Waals surface area contributed by atoms with Crippen LogP contribution in [0.2, 0.25) is 5.15 Å². The summed E-state index contributed by atoms with van der Waals surface area (Å²) in [6, 6.07) is 1.89. The maximum atomic E-state index is 5.96. The first-order valence-corrected chi connectivity index (χ1v) is 5.87. The molecule has 0 atom stereocenters. The van der Waals surface area contributed by atoms with Crippen LogP contribution in [0.5, 0.6) is 0 Å². The number of hydrogen-bond donors (Lipinski definition) is 2. The van der Waals surface area contributed by atoms with E-state index in [9.17, 15) is 0 Å². The van der Waals surface area contributed by atoms with E-state index < -0.39 is 0 Å². The van der Waals surface area contributed by atoms with Gasteiger partial charge in [-0.1, -0.05) is 11.6 Å². The fraction of sp³-hybridized carbons (Fsp3) is 0.200. The largest absolute Gasteiger partial charge is 0.378 e. The average molecular weight is 302 g/mol. The Bertz CT molecular complexity index is 497. The quantitative estimate of drug-likeness (QED) is 0.856. The highest BCUT2D eigenvalue weighted by Crippen LogP contribution is 2.23. The van der Waals surface area contributed by atoms with Gasteiger partial charge in [0.25, 0.3) is 0 Å². The molecule has 2 aromatic rings. The molecule has 2 N–H and O–H groups in total. The number of anilines is 1. The molecule has 0 saturated heterocycles. The molecular weight excluding hydrogens is 291 g/mol. The van der Waals surface area contributed by atoms with E-state index in [-0.39, 0.29) is 0 Å². The summed E-state index contributed by atoms with van der Waals surface area (Å²) < 4.78 is 0.892. The highest BCUT2D eigenvalue weighted by Gasteiger charge is 2.04. The highest BCUT2D eigenvalue weighted by molar-refractivity contribution is 9.10. The summed E-state index contributed by atoms with van der Waals surface area (Å²) in [5.74, 6) is 0. The number of aryl methyl sites for hydroxylation is 1. The van der Waals surface area contributed by atoms with Crippen LogP contribution in [0.3, 0.4) is 0 Å². The Balaban J connectivity index is 2.10. The number of nitrogens with zero attached hydrogens (tertiary/aromatic N) is 2. The maximum Gasteiger partial charge on any atom is 0.152 e. The molecule has 6 heteroatoms. The molecule has 4 nitrogen and oxygen atoms in total. The zero-order chi connectivity index (χ0) is 11.5. The summed E-state index contributed by atoms with van der Waals surface area (Å²) in [5, 5.41) is 10.5. The van der Waals surface area contributed by atoms with Gasteiger partial charge in [-0.25, -0.2) is 4.98 Å². The lowest BCUT2D eigenvalue weighted by Crippen LogP contribution is -2.01. The van der Waals surface area contributed by atoms with Crippen molar-refractivity contribution >= 4 is 33.2 Å². The number of pyridine rings is 1. The molecule has 16 heavy (non-hydrogen) atoms. The summed E-state index contributed by atoms with van der Waals surface area (Å²) in [6.07, 6.45) is 3.46. The van der Waals surface area contributed by atoms with Crippen molar-refractivity contribution in [1.29, 1.82) is 0 Å². The second-order valence-electron chi connectivity index (χ2n) is 3.37. The number of aromatic nitrogens is 3. The smallest absolute Gasteiger partial charge is 0.152 e. The minimum Gasteiger partial charge on any atom is -0.378 e. The first-order valence-electron chi connectivity index (χ1n) is 4.70. The van der Waals surface area contributed by atoms with Crippen molar-refractivity contribution in [2.45, 2.75) is 13.5 Å². The van der Waals surface area contributed by atoms with Crippen molar-refractivity contribution in [2.75, 3.05) is 5.32 Å². The lowest BCUT2D eigenvalue weighted by atomic mass is 10.2. The maximum absolute atomic E-state index is 5.96. The van der Waals surface area contributed by atoms with Gasteiger partial charge in [0.1, 0.15) is 0 Å². The van der Waals surface area contributed by atoms with E-state index in [1.165, 1.54) is 0 Å². The molecule has 0 aliphatic rings. The Morgan fingerprint density at radius 3 is 3.00 bits per heavy atom. The Hall–Kier alpha value is -1.07. The fourth-order valence-corrected chi connectivity index (χ4v) is 1.79. The average Bonchev–Trinajstić information content (AvgIpc) is 2.66. The van der Waals surface area contributed by atoms with Crippen LogP contribution in [0.15, 0.2) is 22.9 Å². The van der Waals surface area contributed by atoms with Gasteiger partial charge in [-0.05, 0) is 28.9 Å². The van der Waals surface area contributed by atoms with Crippen molar-refractivity contribution in [3.63, 3.8) is 0 Å². The van der Waals surface area contributed by atoms with E-state index in [0.717, 1.165) is 21.4 Å². The van der Waals surface area contributed by atoms with Gasteiger partial charge in [0.15, 0.2) is 5.15 Å². The van der Waals surface area contributed by atoms with Crippen molar-refractivity contribution in [2.24, 2.45) is 0 Å². The van der Waals surface area contributed by atoms with E-state index in [1.54, 1.807) is 12.4 Å². The number of rotatable bonds is 3. The molecule has 2 aromatic heterocycles. The zero-order valence-electron chi connectivity index (χ0n) is 8.59. The van der Waals surface area contributed by atoms with Crippen LogP contribution in [-0.4, -0.2) is 15.2 Å². The molecule has 0 aromatic carbocycles. The Labute approximate surface area is 107 Å². The van der Waals surface area contributed by atoms with Crippen LogP contribution in [0.4, 0.5) is 5.69 Å². The number of aromatic amines is 1. The summed E-state index contributed by atoms with van der Waals surface area (Å²) in [4.78, 5) is 4.03. The van der Waals surface area contributed by atoms with E-state index in [0.29, 0.717) is 11.7 Å². The van der Waals surface area contributed by atoms with Crippen molar-refractivity contribution in [3.8, 4) is 0 Å². The SMILES string of the molecule is Cc1[nH]ncc1CNc1cc(Br)cnc1Cl. The number of hydrogen-bond acceptors (Lipinski definition) is 3. The molecule has 84 valence electrons. The van der Waals surface area contributed by atoms with Crippen molar-refractivity contribution < 1.29 is 0 Å². The van der Waals surface area contributed by atoms with Crippen LogP contribution in [0.25, 0.3) is 0 Å². The van der Waals surface area contributed by atoms with E-state index >= 15 is 0 Å². The van der Waals surface area contributed by atoms with Gasteiger partial charge in [0.05, 0.1) is 11.9 Å². The summed E-state index contributed by atoms with van der Waals surface area (Å²) in [5.41, 5.74) is 2.96. The zero-order valence-corrected chi connectivity index (χ0v) is 10.9. The second-order valence-corrected chi connectivity index (χ2v) is 4.64. The van der Waals surface area contributed by atoms with Gasteiger partial charge in [-0.2, -0.15) is 5.10 Å². The van der Waals surface area contributed by atoms with Gasteiger partial charge in [-0.15, -0.1) is 0 Å². The van der Waals surface area contributed by atoms with Crippen LogP contribution < -0.4 is 5.32 Å². The Morgan fingerprint density at radius 2 is 2.31 bits per heavy atom. The minimum atomic E-state index is 0.462. The van der Waals surface area contributed by atoms with E-state index in [2.05, 4.69) is 36.4 Å². The van der Waals surface area contributed by atoms with Gasteiger partial charge in [0.2, 0.25) is 0 Å². The predicted octanol–water partition coefficient (Wildman–Crippen LogP) is 3.14. The molecule has 0 saturated carbocycles. The van der Waals surface area contributed by atoms with Gasteiger partial charge in [-0.3, -0.25) is 5.10 Å². The van der Waals surface area contributed by atoms with Crippen LogP contribution in [-0.2, 0) is 6.54 Å². The number of nitrogens with one attached hydrogen (secondary N) is 2. The van der Waals surface area contributed by atoms with Gasteiger partial charge >= 0.3 is 0 Å². The lowest BCUT2D eigenvalue weighted by molar-refractivity contribution is 1.04. The van der Waals surface area contributed by atoms with Gasteiger partial charge in [0, 0.05) is 28.5 Å². The molecule has 0 fully saturated rings. The topological polar surface area (TPSA) is 53.6 Å². The van der Waals surface area contributed by atoms with Crippen LogP contribution in [0, 0.1) is 6.92 Å². The molecule has 0 spiro atoms. The predicted molar refractivity (Wildman–Crippen MR) is 67.6 cm³/mol. The Kier molecular flexibility index (Phi) is 3.46. The third kappa shape index (κ3) is 2.54. The summed E-state index contributed by atoms with van der Waals surface area (Å²) >= 11 is 9.31. The van der Waals surface area contributed by atoms with Crippen LogP contribution >= 0.6 is 27.5 Å². The molecule has 0 aliphatic heterocycles. The first kappa shape index (κ1) is 11.4. The molecule has 0 amide bonds. The lowest BCUT2D eigenvalue weighted by Gasteiger charge is -2.07. The molecule has 0 unspecified atom stereocenters. The second kappa shape index (κ2) is 4.84. The molecular formula is C10H10BrClN4. The third-order valence-electron chi connectivity index (χ3n) is 2.21. The monoisotopic (exact) mass is 300 g/mol. The normalized spacial score (nSPS) is 10.4. The standard InChI is InChI=1S/C10H10BrClN4/c1-6-7(4-15-16-6)3-13-9-2-8(11)5-14-10(9)12/h2,4-5,13H,3H2,1H3,(H,15,16). The summed E-state index contributed by atoms with van der Waals surface area (Å²) in [7, 11) is 0. The number of H-pyrrole nitrogens is 1. The number of halogens is 2. The first-order chi connectivity index (χ1) is 7.66.